The number of rotatable bonds is 7. The van der Waals surface area contributed by atoms with Gasteiger partial charge in [0.05, 0.1) is 5.69 Å². The first-order valence-electron chi connectivity index (χ1n) is 10.7. The molecule has 196 valence electrons. The maximum absolute atomic E-state index is 12.3. The minimum absolute atomic E-state index is 0.184. The van der Waals surface area contributed by atoms with Gasteiger partial charge in [0.15, 0.2) is 0 Å². The van der Waals surface area contributed by atoms with E-state index in [1.165, 1.54) is 37.4 Å². The smallest absolute Gasteiger partial charge is 0.446 e. The predicted molar refractivity (Wildman–Crippen MR) is 125 cm³/mol. The summed E-state index contributed by atoms with van der Waals surface area (Å²) >= 11 is 0. The van der Waals surface area contributed by atoms with Crippen LogP contribution < -0.4 is 21.5 Å². The monoisotopic (exact) mass is 536 g/mol. The van der Waals surface area contributed by atoms with Crippen LogP contribution in [0.4, 0.5) is 16.2 Å². The fourth-order valence-electron chi connectivity index (χ4n) is 3.77. The van der Waals surface area contributed by atoms with Crippen molar-refractivity contribution in [2.24, 2.45) is 0 Å². The van der Waals surface area contributed by atoms with Gasteiger partial charge in [-0.15, -0.1) is 0 Å². The standard InChI is InChI=1S/C21H21N4O11P/c1-11-9-24(20(29)23-19(11)28)18-8-14(36-37(31,32)33)15(35-18)10-34-21(30)22-12-2-4-13(5-3-12)25-16(26)6-7-17(25)27/h2-7,9,14-15,18H,8,10H2,1H3,(H,22,30)(H,23,28,29)(H2,31,32,33)/t14-,15-,18-/m1/s1. The molecule has 2 aromatic rings. The fraction of sp³-hybridized carbons (Fsp3) is 0.286. The highest BCUT2D eigenvalue weighted by Crippen LogP contribution is 2.43. The van der Waals surface area contributed by atoms with Gasteiger partial charge < -0.3 is 19.3 Å². The Kier molecular flexibility index (Phi) is 7.25. The SMILES string of the molecule is Cc1cn([C@H]2C[C@@H](OP(=O)(O)O)[C@@H](COC(=O)Nc3ccc(N4C(=O)C=CC4=O)cc3)O2)c(=O)[nH]c1=O. The zero-order valence-electron chi connectivity index (χ0n) is 19.1. The molecule has 2 aliphatic rings. The molecule has 37 heavy (non-hydrogen) atoms. The lowest BCUT2D eigenvalue weighted by atomic mass is 10.2. The van der Waals surface area contributed by atoms with Crippen LogP contribution in [0.5, 0.6) is 0 Å². The highest BCUT2D eigenvalue weighted by molar-refractivity contribution is 7.46. The Morgan fingerprint density at radius 2 is 1.81 bits per heavy atom. The number of carbonyl (C=O) groups excluding carboxylic acids is 3. The van der Waals surface area contributed by atoms with Gasteiger partial charge in [-0.2, -0.15) is 0 Å². The van der Waals surface area contributed by atoms with E-state index >= 15 is 0 Å². The van der Waals surface area contributed by atoms with Gasteiger partial charge in [0.25, 0.3) is 17.4 Å². The number of hydrogen-bond acceptors (Lipinski definition) is 9. The minimum Gasteiger partial charge on any atom is -0.446 e. The van der Waals surface area contributed by atoms with Crippen molar-refractivity contribution in [2.75, 3.05) is 16.8 Å². The zero-order valence-corrected chi connectivity index (χ0v) is 20.0. The molecular formula is C21H21N4O11P. The Morgan fingerprint density at radius 3 is 2.43 bits per heavy atom. The number of carbonyl (C=O) groups is 3. The first kappa shape index (κ1) is 26.2. The molecule has 1 fully saturated rings. The van der Waals surface area contributed by atoms with Gasteiger partial charge >= 0.3 is 19.6 Å². The zero-order chi connectivity index (χ0) is 26.9. The molecule has 0 radical (unpaired) electrons. The summed E-state index contributed by atoms with van der Waals surface area (Å²) in [7, 11) is -4.96. The summed E-state index contributed by atoms with van der Waals surface area (Å²) in [5.74, 6) is -0.988. The number of benzene rings is 1. The third-order valence-electron chi connectivity index (χ3n) is 5.47. The number of nitrogens with one attached hydrogen (secondary N) is 2. The van der Waals surface area contributed by atoms with Crippen LogP contribution in [0.15, 0.2) is 52.2 Å². The summed E-state index contributed by atoms with van der Waals surface area (Å²) in [6, 6.07) is 5.75. The molecule has 0 aliphatic carbocycles. The number of aromatic nitrogens is 2. The molecule has 1 aromatic carbocycles. The molecular weight excluding hydrogens is 515 g/mol. The summed E-state index contributed by atoms with van der Waals surface area (Å²) in [5, 5.41) is 2.42. The number of nitrogens with zero attached hydrogens (tertiary/aromatic N) is 2. The number of hydrogen-bond donors (Lipinski definition) is 4. The molecule has 1 aromatic heterocycles. The second-order valence-electron chi connectivity index (χ2n) is 8.09. The number of aryl methyl sites for hydroxylation is 1. The lowest BCUT2D eigenvalue weighted by Gasteiger charge is -2.19. The molecule has 15 nitrogen and oxygen atoms in total. The third-order valence-corrected chi connectivity index (χ3v) is 6.01. The average molecular weight is 536 g/mol. The highest BCUT2D eigenvalue weighted by atomic mass is 31.2. The summed E-state index contributed by atoms with van der Waals surface area (Å²) < 4.78 is 28.0. The number of aromatic amines is 1. The van der Waals surface area contributed by atoms with Gasteiger partial charge in [0.1, 0.15) is 25.0 Å². The number of amides is 3. The number of anilines is 2. The lowest BCUT2D eigenvalue weighted by Crippen LogP contribution is -2.33. The van der Waals surface area contributed by atoms with Crippen LogP contribution >= 0.6 is 7.82 Å². The Hall–Kier alpha value is -3.88. The molecule has 2 aliphatic heterocycles. The second-order valence-corrected chi connectivity index (χ2v) is 9.29. The summed E-state index contributed by atoms with van der Waals surface area (Å²) in [6.45, 7) is 0.965. The Labute approximate surface area is 207 Å². The first-order valence-corrected chi connectivity index (χ1v) is 12.3. The average Bonchev–Trinajstić information content (AvgIpc) is 3.36. The minimum atomic E-state index is -4.96. The van der Waals surface area contributed by atoms with Gasteiger partial charge in [-0.25, -0.2) is 19.1 Å². The molecule has 16 heteroatoms. The van der Waals surface area contributed by atoms with Crippen molar-refractivity contribution < 1.29 is 42.7 Å². The van der Waals surface area contributed by atoms with E-state index in [0.29, 0.717) is 5.69 Å². The number of phosphoric ester groups is 1. The molecule has 3 atom stereocenters. The van der Waals surface area contributed by atoms with Crippen LogP contribution in [0.25, 0.3) is 0 Å². The van der Waals surface area contributed by atoms with Crippen molar-refractivity contribution in [1.29, 1.82) is 0 Å². The van der Waals surface area contributed by atoms with E-state index < -0.39 is 62.0 Å². The van der Waals surface area contributed by atoms with Crippen molar-refractivity contribution in [3.8, 4) is 0 Å². The molecule has 4 rings (SSSR count). The maximum atomic E-state index is 12.3. The number of phosphoric acid groups is 1. The maximum Gasteiger partial charge on any atom is 0.469 e. The van der Waals surface area contributed by atoms with E-state index in [2.05, 4.69) is 10.3 Å². The first-order chi connectivity index (χ1) is 17.4. The van der Waals surface area contributed by atoms with Crippen molar-refractivity contribution >= 4 is 37.1 Å². The predicted octanol–water partition coefficient (Wildman–Crippen LogP) is 0.289. The number of H-pyrrole nitrogens is 1. The normalized spacial score (nSPS) is 21.5. The van der Waals surface area contributed by atoms with Crippen molar-refractivity contribution in [1.82, 2.24) is 9.55 Å². The van der Waals surface area contributed by atoms with Crippen LogP contribution in [0.1, 0.15) is 18.2 Å². The van der Waals surface area contributed by atoms with E-state index in [9.17, 15) is 38.3 Å². The van der Waals surface area contributed by atoms with Crippen molar-refractivity contribution in [2.45, 2.75) is 31.8 Å². The van der Waals surface area contributed by atoms with E-state index in [1.54, 1.807) is 0 Å². The van der Waals surface area contributed by atoms with Crippen LogP contribution in [0, 0.1) is 6.92 Å². The van der Waals surface area contributed by atoms with Crippen molar-refractivity contribution in [3.63, 3.8) is 0 Å². The lowest BCUT2D eigenvalue weighted by molar-refractivity contribution is -0.120. The Morgan fingerprint density at radius 1 is 1.16 bits per heavy atom. The molecule has 3 heterocycles. The van der Waals surface area contributed by atoms with Gasteiger partial charge in [-0.1, -0.05) is 0 Å². The third kappa shape index (κ3) is 6.10. The van der Waals surface area contributed by atoms with Gasteiger partial charge in [-0.3, -0.25) is 33.8 Å². The molecule has 4 N–H and O–H groups in total. The van der Waals surface area contributed by atoms with Crippen LogP contribution in [-0.2, 0) is 28.2 Å². The Bertz CT molecular complexity index is 1410. The molecule has 3 amide bonds. The largest absolute Gasteiger partial charge is 0.469 e. The van der Waals surface area contributed by atoms with E-state index in [1.807, 2.05) is 0 Å². The molecule has 0 saturated carbocycles. The molecule has 0 bridgehead atoms. The van der Waals surface area contributed by atoms with Gasteiger partial charge in [0, 0.05) is 36.0 Å². The van der Waals surface area contributed by atoms with Crippen LogP contribution in [-0.4, -0.2) is 56.1 Å². The van der Waals surface area contributed by atoms with Crippen LogP contribution in [0.3, 0.4) is 0 Å². The van der Waals surface area contributed by atoms with E-state index in [0.717, 1.165) is 21.6 Å². The van der Waals surface area contributed by atoms with E-state index in [-0.39, 0.29) is 17.7 Å². The molecule has 0 spiro atoms. The second kappa shape index (κ2) is 10.2. The molecule has 1 saturated heterocycles. The number of ether oxygens (including phenoxy) is 2. The van der Waals surface area contributed by atoms with Gasteiger partial charge in [-0.05, 0) is 31.2 Å². The summed E-state index contributed by atoms with van der Waals surface area (Å²) in [6.07, 6.45) is -1.09. The summed E-state index contributed by atoms with van der Waals surface area (Å²) in [5.41, 5.74) is -0.622. The molecule has 0 unspecified atom stereocenters. The van der Waals surface area contributed by atoms with Crippen molar-refractivity contribution in [3.05, 3.63) is 69.0 Å². The van der Waals surface area contributed by atoms with Gasteiger partial charge in [0.2, 0.25) is 0 Å². The quantitative estimate of drug-likeness (QED) is 0.279. The Balaban J connectivity index is 1.40. The van der Waals surface area contributed by atoms with Crippen LogP contribution in [0.2, 0.25) is 0 Å². The number of imide groups is 1. The van der Waals surface area contributed by atoms with E-state index in [4.69, 9.17) is 14.0 Å². The fourth-order valence-corrected chi connectivity index (χ4v) is 4.34. The topological polar surface area (TPSA) is 207 Å². The highest BCUT2D eigenvalue weighted by Gasteiger charge is 2.41. The summed E-state index contributed by atoms with van der Waals surface area (Å²) in [4.78, 5) is 81.2.